The molecule has 76 heavy (non-hydrogen) atoms. The summed E-state index contributed by atoms with van der Waals surface area (Å²) in [5.41, 5.74) is 0. The van der Waals surface area contributed by atoms with E-state index in [2.05, 4.69) is 130 Å². The third-order valence-electron chi connectivity index (χ3n) is 13.5. The fourth-order valence-corrected chi connectivity index (χ4v) is 8.75. The predicted octanol–water partition coefficient (Wildman–Crippen LogP) is 21.8. The molecule has 0 amide bonds. The number of hydrogen-bond donors (Lipinski definition) is 0. The van der Waals surface area contributed by atoms with Crippen molar-refractivity contribution >= 4 is 17.9 Å². The van der Waals surface area contributed by atoms with Crippen molar-refractivity contribution in [2.45, 2.75) is 303 Å². The van der Waals surface area contributed by atoms with Gasteiger partial charge in [0.1, 0.15) is 13.2 Å². The Balaban J connectivity index is 4.09. The molecular weight excluding hydrogens is 937 g/mol. The molecule has 0 N–H and O–H groups in total. The summed E-state index contributed by atoms with van der Waals surface area (Å²) in [6.07, 6.45) is 86.9. The number of hydrogen-bond acceptors (Lipinski definition) is 6. The second kappa shape index (κ2) is 63.6. The lowest BCUT2D eigenvalue weighted by atomic mass is 10.1. The lowest BCUT2D eigenvalue weighted by molar-refractivity contribution is -0.167. The van der Waals surface area contributed by atoms with Gasteiger partial charge in [-0.3, -0.25) is 14.4 Å². The summed E-state index contributed by atoms with van der Waals surface area (Å²) in [6.45, 7) is 6.48. The zero-order valence-corrected chi connectivity index (χ0v) is 49.7. The van der Waals surface area contributed by atoms with E-state index in [4.69, 9.17) is 14.2 Å². The first-order chi connectivity index (χ1) is 37.5. The van der Waals surface area contributed by atoms with Gasteiger partial charge in [-0.15, -0.1) is 0 Å². The standard InChI is InChI=1S/C70H118O6/c1-4-7-10-13-16-18-20-22-24-26-27-28-29-30-31-32-33-34-35-36-37-38-39-40-41-42-43-44-46-47-49-51-54-57-60-63-69(72)75-66-67(65-74-68(71)62-59-56-53-15-12-9-6-3)76-70(73)64-61-58-55-52-50-48-45-25-23-21-19-17-14-11-8-5-2/h7,10,16,18,22,24-25,27-28,30-31,33-34,36-37,39-40,45,67H,4-6,8-9,11-15,17,19-21,23,26,29,32,35,38,41-44,46-66H2,1-3H3/b10-7-,18-16-,24-22-,28-27-,31-30-,34-33-,37-36-,40-39-,45-25-. The highest BCUT2D eigenvalue weighted by atomic mass is 16.6. The van der Waals surface area contributed by atoms with Crippen molar-refractivity contribution in [2.24, 2.45) is 0 Å². The second-order valence-electron chi connectivity index (χ2n) is 20.9. The van der Waals surface area contributed by atoms with Crippen molar-refractivity contribution in [3.8, 4) is 0 Å². The van der Waals surface area contributed by atoms with Gasteiger partial charge >= 0.3 is 17.9 Å². The zero-order valence-electron chi connectivity index (χ0n) is 49.7. The normalized spacial score (nSPS) is 12.8. The molecule has 434 valence electrons. The highest BCUT2D eigenvalue weighted by molar-refractivity contribution is 5.71. The molecule has 0 saturated carbocycles. The summed E-state index contributed by atoms with van der Waals surface area (Å²) in [4.78, 5) is 38.0. The lowest BCUT2D eigenvalue weighted by Crippen LogP contribution is -2.30. The Morgan fingerprint density at radius 1 is 0.276 bits per heavy atom. The maximum absolute atomic E-state index is 12.8. The molecule has 0 rings (SSSR count). The van der Waals surface area contributed by atoms with Crippen LogP contribution in [0, 0.1) is 0 Å². The minimum absolute atomic E-state index is 0.0804. The van der Waals surface area contributed by atoms with Crippen molar-refractivity contribution < 1.29 is 28.6 Å². The van der Waals surface area contributed by atoms with Crippen LogP contribution in [-0.2, 0) is 28.6 Å². The molecule has 0 fully saturated rings. The highest BCUT2D eigenvalue weighted by Gasteiger charge is 2.19. The molecule has 0 aliphatic rings. The Bertz CT molecular complexity index is 1540. The third-order valence-corrected chi connectivity index (χ3v) is 13.5. The largest absolute Gasteiger partial charge is 0.462 e. The van der Waals surface area contributed by atoms with Gasteiger partial charge in [0.05, 0.1) is 0 Å². The smallest absolute Gasteiger partial charge is 0.306 e. The Morgan fingerprint density at radius 3 is 0.816 bits per heavy atom. The van der Waals surface area contributed by atoms with Gasteiger partial charge in [0.2, 0.25) is 0 Å². The van der Waals surface area contributed by atoms with Gasteiger partial charge in [-0.25, -0.2) is 0 Å². The van der Waals surface area contributed by atoms with E-state index in [1.165, 1.54) is 135 Å². The SMILES string of the molecule is CC/C=C\C/C=C\C/C=C\C/C=C\C/C=C\C/C=C\C/C=C\C/C=C\CCCCCCCCCCCCC(=O)OCC(COC(=O)CCCCCCCCC)OC(=O)CCCCCCC/C=C\CCCCCCCCC. The Morgan fingerprint density at radius 2 is 0.513 bits per heavy atom. The molecule has 1 atom stereocenters. The fourth-order valence-electron chi connectivity index (χ4n) is 8.75. The number of ether oxygens (including phenoxy) is 3. The van der Waals surface area contributed by atoms with E-state index in [9.17, 15) is 14.4 Å². The number of unbranched alkanes of at least 4 members (excludes halogenated alkanes) is 28. The molecule has 0 aromatic heterocycles. The average molecular weight is 1060 g/mol. The van der Waals surface area contributed by atoms with Crippen LogP contribution in [0.25, 0.3) is 0 Å². The van der Waals surface area contributed by atoms with Crippen LogP contribution in [0.1, 0.15) is 297 Å². The Labute approximate surface area is 470 Å². The molecule has 0 aromatic rings. The monoisotopic (exact) mass is 1050 g/mol. The maximum atomic E-state index is 12.8. The van der Waals surface area contributed by atoms with E-state index in [1.54, 1.807) is 0 Å². The number of allylic oxidation sites excluding steroid dienone is 18. The Hall–Kier alpha value is -3.93. The van der Waals surface area contributed by atoms with Gasteiger partial charge in [0.15, 0.2) is 6.10 Å². The molecule has 0 heterocycles. The molecule has 0 aromatic carbocycles. The molecule has 6 heteroatoms. The van der Waals surface area contributed by atoms with Crippen molar-refractivity contribution in [3.05, 3.63) is 109 Å². The summed E-state index contributed by atoms with van der Waals surface area (Å²) in [7, 11) is 0. The van der Waals surface area contributed by atoms with Crippen molar-refractivity contribution in [1.29, 1.82) is 0 Å². The molecule has 0 spiro atoms. The first kappa shape index (κ1) is 72.1. The minimum Gasteiger partial charge on any atom is -0.462 e. The summed E-state index contributed by atoms with van der Waals surface area (Å²) in [5, 5.41) is 0. The molecule has 6 nitrogen and oxygen atoms in total. The molecular formula is C70H118O6. The van der Waals surface area contributed by atoms with Crippen LogP contribution in [-0.4, -0.2) is 37.2 Å². The van der Waals surface area contributed by atoms with Gasteiger partial charge in [0.25, 0.3) is 0 Å². The first-order valence-electron chi connectivity index (χ1n) is 31.9. The first-order valence-corrected chi connectivity index (χ1v) is 31.9. The van der Waals surface area contributed by atoms with Crippen molar-refractivity contribution in [3.63, 3.8) is 0 Å². The van der Waals surface area contributed by atoms with Gasteiger partial charge in [-0.05, 0) is 109 Å². The Kier molecular flexibility index (Phi) is 60.3. The van der Waals surface area contributed by atoms with Crippen LogP contribution in [0.5, 0.6) is 0 Å². The van der Waals surface area contributed by atoms with E-state index < -0.39 is 6.10 Å². The van der Waals surface area contributed by atoms with Crippen molar-refractivity contribution in [1.82, 2.24) is 0 Å². The third kappa shape index (κ3) is 60.9. The fraction of sp³-hybridized carbons (Fsp3) is 0.700. The molecule has 1 unspecified atom stereocenters. The van der Waals surface area contributed by atoms with E-state index in [-0.39, 0.29) is 31.1 Å². The molecule has 0 aliphatic carbocycles. The quantitative estimate of drug-likeness (QED) is 0.0261. The van der Waals surface area contributed by atoms with Crippen LogP contribution in [0.15, 0.2) is 109 Å². The number of esters is 3. The van der Waals surface area contributed by atoms with Crippen molar-refractivity contribution in [2.75, 3.05) is 13.2 Å². The predicted molar refractivity (Wildman–Crippen MR) is 330 cm³/mol. The van der Waals surface area contributed by atoms with Crippen LogP contribution in [0.3, 0.4) is 0 Å². The van der Waals surface area contributed by atoms with E-state index in [0.717, 1.165) is 122 Å². The highest BCUT2D eigenvalue weighted by Crippen LogP contribution is 2.15. The van der Waals surface area contributed by atoms with E-state index in [0.29, 0.717) is 19.3 Å². The van der Waals surface area contributed by atoms with Crippen LogP contribution in [0.2, 0.25) is 0 Å². The second-order valence-corrected chi connectivity index (χ2v) is 20.9. The summed E-state index contributed by atoms with van der Waals surface area (Å²) in [6, 6.07) is 0. The van der Waals surface area contributed by atoms with E-state index in [1.807, 2.05) is 0 Å². The van der Waals surface area contributed by atoms with Crippen LogP contribution in [0.4, 0.5) is 0 Å². The molecule has 0 radical (unpaired) electrons. The van der Waals surface area contributed by atoms with Gasteiger partial charge in [0, 0.05) is 19.3 Å². The summed E-state index contributed by atoms with van der Waals surface area (Å²) < 4.78 is 16.8. The molecule has 0 aliphatic heterocycles. The van der Waals surface area contributed by atoms with E-state index >= 15 is 0 Å². The zero-order chi connectivity index (χ0) is 55.0. The lowest BCUT2D eigenvalue weighted by Gasteiger charge is -2.18. The minimum atomic E-state index is -0.781. The topological polar surface area (TPSA) is 78.9 Å². The van der Waals surface area contributed by atoms with Crippen LogP contribution >= 0.6 is 0 Å². The molecule has 0 saturated heterocycles. The van der Waals surface area contributed by atoms with Gasteiger partial charge < -0.3 is 14.2 Å². The summed E-state index contributed by atoms with van der Waals surface area (Å²) in [5.74, 6) is -0.895. The maximum Gasteiger partial charge on any atom is 0.306 e. The van der Waals surface area contributed by atoms with Crippen LogP contribution < -0.4 is 0 Å². The average Bonchev–Trinajstić information content (AvgIpc) is 3.42. The van der Waals surface area contributed by atoms with Gasteiger partial charge in [-0.2, -0.15) is 0 Å². The summed E-state index contributed by atoms with van der Waals surface area (Å²) >= 11 is 0. The molecule has 0 bridgehead atoms. The number of rotatable bonds is 57. The van der Waals surface area contributed by atoms with Gasteiger partial charge in [-0.1, -0.05) is 278 Å². The number of carbonyl (C=O) groups is 3. The number of carbonyl (C=O) groups excluding carboxylic acids is 3.